The molecule has 2 N–H and O–H groups in total. The Balaban J connectivity index is 1.67. The Bertz CT molecular complexity index is 663. The summed E-state index contributed by atoms with van der Waals surface area (Å²) in [5.74, 6) is -1.56. The molecule has 0 unspecified atom stereocenters. The minimum absolute atomic E-state index is 0.109. The summed E-state index contributed by atoms with van der Waals surface area (Å²) in [6, 6.07) is 7.28. The van der Waals surface area contributed by atoms with E-state index in [1.165, 1.54) is 4.90 Å². The molecule has 1 heterocycles. The summed E-state index contributed by atoms with van der Waals surface area (Å²) in [5, 5.41) is 12.3. The van der Waals surface area contributed by atoms with Crippen LogP contribution in [0.3, 0.4) is 0 Å². The van der Waals surface area contributed by atoms with E-state index in [0.29, 0.717) is 24.9 Å². The molecule has 6 heteroatoms. The van der Waals surface area contributed by atoms with E-state index in [-0.39, 0.29) is 12.5 Å². The molecule has 2 aliphatic rings. The van der Waals surface area contributed by atoms with Gasteiger partial charge in [-0.25, -0.2) is 4.79 Å². The van der Waals surface area contributed by atoms with Crippen LogP contribution in [0.4, 0.5) is 0 Å². The highest BCUT2D eigenvalue weighted by molar-refractivity contribution is 6.00. The van der Waals surface area contributed by atoms with E-state index in [1.807, 2.05) is 12.1 Å². The second-order valence-electron chi connectivity index (χ2n) is 6.67. The molecule has 0 radical (unpaired) electrons. The summed E-state index contributed by atoms with van der Waals surface area (Å²) in [6.45, 7) is 0.283. The Kier molecular flexibility index (Phi) is 4.55. The van der Waals surface area contributed by atoms with E-state index in [9.17, 15) is 19.5 Å². The van der Waals surface area contributed by atoms with Crippen molar-refractivity contribution in [3.8, 4) is 0 Å². The van der Waals surface area contributed by atoms with Gasteiger partial charge in [0.2, 0.25) is 5.91 Å². The molecule has 0 saturated heterocycles. The Morgan fingerprint density at radius 3 is 2.42 bits per heavy atom. The number of nitrogens with zero attached hydrogens (tertiary/aromatic N) is 1. The highest BCUT2D eigenvalue weighted by Crippen LogP contribution is 2.28. The summed E-state index contributed by atoms with van der Waals surface area (Å²) in [7, 11) is 0. The lowest BCUT2D eigenvalue weighted by molar-refractivity contribution is -0.148. The topological polar surface area (TPSA) is 86.7 Å². The SMILES string of the molecule is O=C(CN1Cc2ccccc2C1=O)NC1(C(=O)O)CCCCCC1. The van der Waals surface area contributed by atoms with Crippen LogP contribution in [-0.2, 0) is 16.1 Å². The molecule has 3 rings (SSSR count). The Morgan fingerprint density at radius 2 is 1.79 bits per heavy atom. The van der Waals surface area contributed by atoms with Crippen molar-refractivity contribution in [3.05, 3.63) is 35.4 Å². The first-order valence-corrected chi connectivity index (χ1v) is 8.43. The number of aliphatic carboxylic acids is 1. The number of carboxylic acid groups (broad SMARTS) is 1. The first-order valence-electron chi connectivity index (χ1n) is 8.43. The number of benzene rings is 1. The maximum Gasteiger partial charge on any atom is 0.329 e. The zero-order chi connectivity index (χ0) is 17.2. The van der Waals surface area contributed by atoms with Gasteiger partial charge in [0.1, 0.15) is 12.1 Å². The molecule has 0 spiro atoms. The van der Waals surface area contributed by atoms with E-state index >= 15 is 0 Å². The molecule has 128 valence electrons. The summed E-state index contributed by atoms with van der Waals surface area (Å²) < 4.78 is 0. The van der Waals surface area contributed by atoms with Gasteiger partial charge in [-0.2, -0.15) is 0 Å². The number of nitrogens with one attached hydrogen (secondary N) is 1. The van der Waals surface area contributed by atoms with Crippen molar-refractivity contribution >= 4 is 17.8 Å². The molecule has 0 atom stereocenters. The third kappa shape index (κ3) is 3.13. The molecule has 0 bridgehead atoms. The molecule has 1 aromatic carbocycles. The van der Waals surface area contributed by atoms with Gasteiger partial charge in [0.15, 0.2) is 0 Å². The van der Waals surface area contributed by atoms with Gasteiger partial charge in [0.25, 0.3) is 5.91 Å². The van der Waals surface area contributed by atoms with Crippen LogP contribution in [0.2, 0.25) is 0 Å². The van der Waals surface area contributed by atoms with Crippen LogP contribution in [0, 0.1) is 0 Å². The molecule has 2 amide bonds. The average molecular weight is 330 g/mol. The largest absolute Gasteiger partial charge is 0.480 e. The first kappa shape index (κ1) is 16.5. The summed E-state index contributed by atoms with van der Waals surface area (Å²) in [5.41, 5.74) is 0.328. The minimum atomic E-state index is -1.19. The molecular weight excluding hydrogens is 308 g/mol. The van der Waals surface area contributed by atoms with Crippen molar-refractivity contribution in [1.29, 1.82) is 0 Å². The Morgan fingerprint density at radius 1 is 1.12 bits per heavy atom. The molecule has 1 aromatic rings. The molecule has 1 aliphatic heterocycles. The molecule has 6 nitrogen and oxygen atoms in total. The van der Waals surface area contributed by atoms with Crippen LogP contribution < -0.4 is 5.32 Å². The van der Waals surface area contributed by atoms with Gasteiger partial charge in [-0.1, -0.05) is 43.9 Å². The van der Waals surface area contributed by atoms with Crippen molar-refractivity contribution < 1.29 is 19.5 Å². The van der Waals surface area contributed by atoms with Crippen LogP contribution in [0.25, 0.3) is 0 Å². The number of amides is 2. The minimum Gasteiger partial charge on any atom is -0.480 e. The fraction of sp³-hybridized carbons (Fsp3) is 0.500. The van der Waals surface area contributed by atoms with Crippen molar-refractivity contribution in [1.82, 2.24) is 10.2 Å². The van der Waals surface area contributed by atoms with Gasteiger partial charge < -0.3 is 15.3 Å². The van der Waals surface area contributed by atoms with E-state index in [0.717, 1.165) is 31.2 Å². The van der Waals surface area contributed by atoms with Crippen molar-refractivity contribution in [2.24, 2.45) is 0 Å². The van der Waals surface area contributed by atoms with Gasteiger partial charge in [-0.3, -0.25) is 9.59 Å². The fourth-order valence-electron chi connectivity index (χ4n) is 3.65. The molecule has 1 fully saturated rings. The van der Waals surface area contributed by atoms with Gasteiger partial charge in [0.05, 0.1) is 0 Å². The van der Waals surface area contributed by atoms with Crippen molar-refractivity contribution in [2.45, 2.75) is 50.6 Å². The lowest BCUT2D eigenvalue weighted by Gasteiger charge is -2.30. The maximum absolute atomic E-state index is 12.4. The zero-order valence-electron chi connectivity index (χ0n) is 13.6. The second kappa shape index (κ2) is 6.63. The molecule has 1 aliphatic carbocycles. The number of rotatable bonds is 4. The maximum atomic E-state index is 12.4. The van der Waals surface area contributed by atoms with Crippen LogP contribution in [0.15, 0.2) is 24.3 Å². The highest BCUT2D eigenvalue weighted by atomic mass is 16.4. The third-order valence-corrected chi connectivity index (χ3v) is 4.98. The highest BCUT2D eigenvalue weighted by Gasteiger charge is 2.40. The Labute approximate surface area is 140 Å². The van der Waals surface area contributed by atoms with Gasteiger partial charge in [-0.15, -0.1) is 0 Å². The van der Waals surface area contributed by atoms with Crippen molar-refractivity contribution in [3.63, 3.8) is 0 Å². The second-order valence-corrected chi connectivity index (χ2v) is 6.67. The van der Waals surface area contributed by atoms with Crippen LogP contribution in [0.1, 0.15) is 54.4 Å². The summed E-state index contributed by atoms with van der Waals surface area (Å²) >= 11 is 0. The number of carboxylic acids is 1. The van der Waals surface area contributed by atoms with E-state index in [4.69, 9.17) is 0 Å². The smallest absolute Gasteiger partial charge is 0.329 e. The van der Waals surface area contributed by atoms with Gasteiger partial charge in [0, 0.05) is 12.1 Å². The predicted molar refractivity (Wildman–Crippen MR) is 87.4 cm³/mol. The molecule has 24 heavy (non-hydrogen) atoms. The predicted octanol–water partition coefficient (Wildman–Crippen LogP) is 1.94. The summed E-state index contributed by atoms with van der Waals surface area (Å²) in [6.07, 6.45) is 4.46. The number of carbonyl (C=O) groups is 3. The van der Waals surface area contributed by atoms with Crippen LogP contribution >= 0.6 is 0 Å². The number of carbonyl (C=O) groups excluding carboxylic acids is 2. The fourth-order valence-corrected chi connectivity index (χ4v) is 3.65. The van der Waals surface area contributed by atoms with Crippen LogP contribution in [0.5, 0.6) is 0 Å². The third-order valence-electron chi connectivity index (χ3n) is 4.98. The van der Waals surface area contributed by atoms with E-state index in [2.05, 4.69) is 5.32 Å². The van der Waals surface area contributed by atoms with Crippen molar-refractivity contribution in [2.75, 3.05) is 6.54 Å². The van der Waals surface area contributed by atoms with Gasteiger partial charge in [-0.05, 0) is 24.5 Å². The zero-order valence-corrected chi connectivity index (χ0v) is 13.6. The van der Waals surface area contributed by atoms with E-state index in [1.54, 1.807) is 12.1 Å². The lowest BCUT2D eigenvalue weighted by atomic mass is 9.90. The molecular formula is C18H22N2O4. The average Bonchev–Trinajstić information content (AvgIpc) is 2.74. The Hall–Kier alpha value is -2.37. The monoisotopic (exact) mass is 330 g/mol. The standard InChI is InChI=1S/C18H22N2O4/c21-15(19-18(17(23)24)9-5-1-2-6-10-18)12-20-11-13-7-3-4-8-14(13)16(20)22/h3-4,7-8H,1-2,5-6,9-12H2,(H,19,21)(H,23,24). The lowest BCUT2D eigenvalue weighted by Crippen LogP contribution is -2.56. The number of fused-ring (bicyclic) bond motifs is 1. The first-order chi connectivity index (χ1) is 11.5. The summed E-state index contributed by atoms with van der Waals surface area (Å²) in [4.78, 5) is 38.0. The van der Waals surface area contributed by atoms with Gasteiger partial charge >= 0.3 is 5.97 Å². The number of hydrogen-bond acceptors (Lipinski definition) is 3. The number of hydrogen-bond donors (Lipinski definition) is 2. The quantitative estimate of drug-likeness (QED) is 0.826. The van der Waals surface area contributed by atoms with E-state index < -0.39 is 17.4 Å². The molecule has 1 saturated carbocycles. The van der Waals surface area contributed by atoms with Crippen LogP contribution in [-0.4, -0.2) is 39.9 Å². The normalized spacial score (nSPS) is 19.5. The molecule has 0 aromatic heterocycles.